The van der Waals surface area contributed by atoms with E-state index in [0.717, 1.165) is 36.5 Å². The van der Waals surface area contributed by atoms with Crippen LogP contribution in [0.1, 0.15) is 38.3 Å². The van der Waals surface area contributed by atoms with Crippen LogP contribution < -0.4 is 10.1 Å². The summed E-state index contributed by atoms with van der Waals surface area (Å²) in [4.78, 5) is 0. The van der Waals surface area contributed by atoms with Gasteiger partial charge in [-0.05, 0) is 32.8 Å². The van der Waals surface area contributed by atoms with Gasteiger partial charge in [-0.2, -0.15) is 11.8 Å². The fourth-order valence-electron chi connectivity index (χ4n) is 2.39. The maximum Gasteiger partial charge on any atom is 0.126 e. The highest BCUT2D eigenvalue weighted by Crippen LogP contribution is 2.32. The molecule has 0 unspecified atom stereocenters. The Labute approximate surface area is 130 Å². The van der Waals surface area contributed by atoms with Gasteiger partial charge in [0.05, 0.1) is 12.2 Å². The lowest BCUT2D eigenvalue weighted by Gasteiger charge is -2.19. The first kappa shape index (κ1) is 16.6. The van der Waals surface area contributed by atoms with E-state index in [1.54, 1.807) is 11.8 Å². The molecule has 5 heteroatoms. The van der Waals surface area contributed by atoms with Gasteiger partial charge in [-0.1, -0.05) is 6.07 Å². The number of nitrogens with one attached hydrogen (secondary N) is 1. The zero-order chi connectivity index (χ0) is 15.3. The Hall–Kier alpha value is -0.780. The zero-order valence-corrected chi connectivity index (χ0v) is 13.5. The average molecular weight is 313 g/mol. The van der Waals surface area contributed by atoms with E-state index >= 15 is 0 Å². The van der Waals surface area contributed by atoms with Crippen molar-refractivity contribution in [3.8, 4) is 5.75 Å². The van der Waals surface area contributed by atoms with Gasteiger partial charge >= 0.3 is 0 Å². The Kier molecular flexibility index (Phi) is 5.90. The van der Waals surface area contributed by atoms with E-state index < -0.39 is 5.60 Å². The number of hydrogen-bond donors (Lipinski definition) is 2. The minimum Gasteiger partial charge on any atom is -0.493 e. The molecule has 0 bridgehead atoms. The lowest BCUT2D eigenvalue weighted by Crippen LogP contribution is -2.26. The fourth-order valence-corrected chi connectivity index (χ4v) is 3.29. The van der Waals surface area contributed by atoms with Crippen LogP contribution in [-0.2, 0) is 0 Å². The number of hydrogen-bond acceptors (Lipinski definition) is 4. The molecule has 118 valence electrons. The summed E-state index contributed by atoms with van der Waals surface area (Å²) in [6.45, 7) is 5.14. The molecule has 0 saturated carbocycles. The minimum absolute atomic E-state index is 0.214. The number of thioether (sulfide) groups is 1. The highest BCUT2D eigenvalue weighted by atomic mass is 32.2. The van der Waals surface area contributed by atoms with Crippen molar-refractivity contribution in [2.75, 3.05) is 24.7 Å². The molecule has 0 aromatic heterocycles. The van der Waals surface area contributed by atoms with Crippen molar-refractivity contribution in [2.24, 2.45) is 0 Å². The topological polar surface area (TPSA) is 41.5 Å². The first-order valence-electron chi connectivity index (χ1n) is 7.41. The molecule has 1 aromatic carbocycles. The maximum absolute atomic E-state index is 13.3. The molecule has 0 amide bonds. The normalized spacial score (nSPS) is 18.8. The van der Waals surface area contributed by atoms with Crippen molar-refractivity contribution >= 4 is 11.8 Å². The van der Waals surface area contributed by atoms with Crippen LogP contribution >= 0.6 is 11.8 Å². The Morgan fingerprint density at radius 3 is 3.05 bits per heavy atom. The quantitative estimate of drug-likeness (QED) is 0.792. The Balaban J connectivity index is 1.86. The summed E-state index contributed by atoms with van der Waals surface area (Å²) in [6, 6.07) is 4.99. The summed E-state index contributed by atoms with van der Waals surface area (Å²) >= 11 is 1.73. The summed E-state index contributed by atoms with van der Waals surface area (Å²) < 4.78 is 18.9. The van der Waals surface area contributed by atoms with Gasteiger partial charge in [0.15, 0.2) is 0 Å². The summed E-state index contributed by atoms with van der Waals surface area (Å²) in [6.07, 6.45) is 1.96. The fraction of sp³-hybridized carbons (Fsp3) is 0.625. The van der Waals surface area contributed by atoms with Crippen LogP contribution in [0.5, 0.6) is 5.75 Å². The Bertz CT molecular complexity index is 462. The third-order valence-corrected chi connectivity index (χ3v) is 4.74. The van der Waals surface area contributed by atoms with Crippen molar-refractivity contribution < 1.29 is 14.2 Å². The zero-order valence-electron chi connectivity index (χ0n) is 12.7. The van der Waals surface area contributed by atoms with Gasteiger partial charge < -0.3 is 15.2 Å². The largest absolute Gasteiger partial charge is 0.493 e. The van der Waals surface area contributed by atoms with Crippen molar-refractivity contribution in [1.82, 2.24) is 5.32 Å². The summed E-state index contributed by atoms with van der Waals surface area (Å²) in [5.74, 6) is 2.08. The van der Waals surface area contributed by atoms with Crippen LogP contribution in [0, 0.1) is 5.82 Å². The first-order chi connectivity index (χ1) is 9.96. The lowest BCUT2D eigenvalue weighted by molar-refractivity contribution is 0.107. The molecule has 0 fully saturated rings. The summed E-state index contributed by atoms with van der Waals surface area (Å²) in [5, 5.41) is 13.2. The monoisotopic (exact) mass is 313 g/mol. The molecule has 21 heavy (non-hydrogen) atoms. The molecule has 1 aliphatic rings. The lowest BCUT2D eigenvalue weighted by atomic mass is 10.0. The molecule has 1 atom stereocenters. The molecular weight excluding hydrogens is 289 g/mol. The van der Waals surface area contributed by atoms with E-state index in [1.807, 2.05) is 19.9 Å². The highest BCUT2D eigenvalue weighted by molar-refractivity contribution is 7.99. The Morgan fingerprint density at radius 1 is 1.48 bits per heavy atom. The van der Waals surface area contributed by atoms with E-state index in [9.17, 15) is 9.50 Å². The van der Waals surface area contributed by atoms with E-state index in [0.29, 0.717) is 12.4 Å². The third-order valence-electron chi connectivity index (χ3n) is 3.34. The van der Waals surface area contributed by atoms with Gasteiger partial charge in [-0.15, -0.1) is 0 Å². The molecule has 1 heterocycles. The van der Waals surface area contributed by atoms with Crippen molar-refractivity contribution in [3.63, 3.8) is 0 Å². The molecule has 2 N–H and O–H groups in total. The number of aliphatic hydroxyl groups is 1. The second-order valence-corrected chi connectivity index (χ2v) is 7.15. The van der Waals surface area contributed by atoms with Gasteiger partial charge in [0.2, 0.25) is 0 Å². The molecule has 2 rings (SSSR count). The molecule has 0 saturated heterocycles. The maximum atomic E-state index is 13.3. The standard InChI is InChI=1S/C16H24FNO2S/c1-16(2,19)11-21-9-7-18-14-4-3-8-20-15-10-12(17)5-6-13(14)15/h5-6,10,14,18-19H,3-4,7-9,11H2,1-2H3/t14-/m1/s1. The minimum atomic E-state index is -0.620. The molecule has 0 spiro atoms. The second-order valence-electron chi connectivity index (χ2n) is 6.04. The van der Waals surface area contributed by atoms with Gasteiger partial charge in [-0.25, -0.2) is 4.39 Å². The van der Waals surface area contributed by atoms with Crippen LogP contribution in [0.2, 0.25) is 0 Å². The number of rotatable bonds is 6. The number of ether oxygens (including phenoxy) is 1. The predicted octanol–water partition coefficient (Wildman–Crippen LogP) is 3.13. The second kappa shape index (κ2) is 7.47. The van der Waals surface area contributed by atoms with E-state index in [-0.39, 0.29) is 11.9 Å². The summed E-state index contributed by atoms with van der Waals surface area (Å²) in [5.41, 5.74) is 0.423. The molecular formula is C16H24FNO2S. The van der Waals surface area contributed by atoms with Crippen molar-refractivity contribution in [1.29, 1.82) is 0 Å². The van der Waals surface area contributed by atoms with Crippen LogP contribution in [0.4, 0.5) is 4.39 Å². The van der Waals surface area contributed by atoms with Gasteiger partial charge in [0.1, 0.15) is 11.6 Å². The van der Waals surface area contributed by atoms with Crippen molar-refractivity contribution in [3.05, 3.63) is 29.6 Å². The van der Waals surface area contributed by atoms with Crippen molar-refractivity contribution in [2.45, 2.75) is 38.3 Å². The predicted molar refractivity (Wildman–Crippen MR) is 85.5 cm³/mol. The van der Waals surface area contributed by atoms with Gasteiger partial charge in [0.25, 0.3) is 0 Å². The molecule has 1 aliphatic heterocycles. The number of fused-ring (bicyclic) bond motifs is 1. The van der Waals surface area contributed by atoms with Gasteiger partial charge in [0, 0.05) is 35.7 Å². The highest BCUT2D eigenvalue weighted by Gasteiger charge is 2.20. The molecule has 3 nitrogen and oxygen atoms in total. The smallest absolute Gasteiger partial charge is 0.126 e. The molecule has 0 radical (unpaired) electrons. The molecule has 0 aliphatic carbocycles. The van der Waals surface area contributed by atoms with Crippen LogP contribution in [0.3, 0.4) is 0 Å². The number of benzene rings is 1. The molecule has 1 aromatic rings. The van der Waals surface area contributed by atoms with Crippen LogP contribution in [0.15, 0.2) is 18.2 Å². The average Bonchev–Trinajstić information content (AvgIpc) is 2.59. The number of halogens is 1. The van der Waals surface area contributed by atoms with E-state index in [4.69, 9.17) is 4.74 Å². The third kappa shape index (κ3) is 5.49. The SMILES string of the molecule is CC(C)(O)CSCCN[C@@H]1CCCOc2cc(F)ccc21. The summed E-state index contributed by atoms with van der Waals surface area (Å²) in [7, 11) is 0. The van der Waals surface area contributed by atoms with Crippen LogP contribution in [-0.4, -0.2) is 35.4 Å². The Morgan fingerprint density at radius 2 is 2.29 bits per heavy atom. The van der Waals surface area contributed by atoms with E-state index in [1.165, 1.54) is 12.1 Å². The van der Waals surface area contributed by atoms with Gasteiger partial charge in [-0.3, -0.25) is 0 Å². The first-order valence-corrected chi connectivity index (χ1v) is 8.57. The van der Waals surface area contributed by atoms with Crippen LogP contribution in [0.25, 0.3) is 0 Å². The van der Waals surface area contributed by atoms with E-state index in [2.05, 4.69) is 5.32 Å².